The van der Waals surface area contributed by atoms with Crippen molar-refractivity contribution in [3.8, 4) is 0 Å². The van der Waals surface area contributed by atoms with Crippen molar-refractivity contribution < 1.29 is 9.59 Å². The maximum atomic E-state index is 12.4. The monoisotopic (exact) mass is 271 g/mol. The minimum absolute atomic E-state index is 0.0791. The zero-order chi connectivity index (χ0) is 13.2. The van der Waals surface area contributed by atoms with Gasteiger partial charge in [-0.05, 0) is 30.0 Å². The summed E-state index contributed by atoms with van der Waals surface area (Å²) in [6.07, 6.45) is 0.969. The lowest BCUT2D eigenvalue weighted by Gasteiger charge is -2.14. The Hall–Kier alpha value is -1.94. The Bertz CT molecular complexity index is 592. The maximum Gasteiger partial charge on any atom is 0.237 e. The van der Waals surface area contributed by atoms with E-state index in [1.54, 1.807) is 23.5 Å². The van der Waals surface area contributed by atoms with Crippen LogP contribution in [0.2, 0.25) is 0 Å². The van der Waals surface area contributed by atoms with Gasteiger partial charge in [-0.15, -0.1) is 11.3 Å². The van der Waals surface area contributed by atoms with Crippen molar-refractivity contribution in [1.29, 1.82) is 0 Å². The second kappa shape index (κ2) is 4.97. The van der Waals surface area contributed by atoms with Gasteiger partial charge < -0.3 is 0 Å². The third kappa shape index (κ3) is 2.31. The Morgan fingerprint density at radius 1 is 1.11 bits per heavy atom. The standard InChI is InChI=1S/C15H13NO2S/c17-14-10-11(9-13-7-4-8-19-13)15(18)16(14)12-5-2-1-3-6-12/h1-8,11H,9-10H2. The van der Waals surface area contributed by atoms with E-state index in [2.05, 4.69) is 0 Å². The SMILES string of the molecule is O=C1CC(Cc2cccs2)C(=O)N1c1ccccc1. The molecule has 1 atom stereocenters. The van der Waals surface area contributed by atoms with Gasteiger partial charge in [0.05, 0.1) is 11.6 Å². The van der Waals surface area contributed by atoms with E-state index in [1.807, 2.05) is 35.7 Å². The molecular formula is C15H13NO2S. The number of anilines is 1. The minimum Gasteiger partial charge on any atom is -0.274 e. The lowest BCUT2D eigenvalue weighted by Crippen LogP contribution is -2.30. The van der Waals surface area contributed by atoms with Crippen molar-refractivity contribution in [2.24, 2.45) is 5.92 Å². The largest absolute Gasteiger partial charge is 0.274 e. The Morgan fingerprint density at radius 2 is 1.89 bits per heavy atom. The highest BCUT2D eigenvalue weighted by Gasteiger charge is 2.39. The highest BCUT2D eigenvalue weighted by atomic mass is 32.1. The van der Waals surface area contributed by atoms with Crippen LogP contribution in [-0.4, -0.2) is 11.8 Å². The molecule has 1 aromatic heterocycles. The van der Waals surface area contributed by atoms with Gasteiger partial charge in [0.2, 0.25) is 11.8 Å². The molecule has 2 heterocycles. The lowest BCUT2D eigenvalue weighted by molar-refractivity contribution is -0.122. The zero-order valence-electron chi connectivity index (χ0n) is 10.3. The van der Waals surface area contributed by atoms with Crippen LogP contribution < -0.4 is 4.90 Å². The van der Waals surface area contributed by atoms with E-state index in [1.165, 1.54) is 4.90 Å². The van der Waals surface area contributed by atoms with Gasteiger partial charge in [-0.2, -0.15) is 0 Å². The normalized spacial score (nSPS) is 19.2. The summed E-state index contributed by atoms with van der Waals surface area (Å²) in [5.74, 6) is -0.395. The third-order valence-corrected chi connectivity index (χ3v) is 4.18. The Balaban J connectivity index is 1.82. The molecule has 3 nitrogen and oxygen atoms in total. The molecule has 1 aliphatic heterocycles. The summed E-state index contributed by atoms with van der Waals surface area (Å²) in [7, 11) is 0. The number of nitrogens with zero attached hydrogens (tertiary/aromatic N) is 1. The van der Waals surface area contributed by atoms with Crippen molar-refractivity contribution in [2.75, 3.05) is 4.90 Å². The second-order valence-corrected chi connectivity index (χ2v) is 5.62. The summed E-state index contributed by atoms with van der Waals surface area (Å²) >= 11 is 1.63. The van der Waals surface area contributed by atoms with Gasteiger partial charge in [0.15, 0.2) is 0 Å². The third-order valence-electron chi connectivity index (χ3n) is 3.28. The number of para-hydroxylation sites is 1. The molecule has 2 aromatic rings. The smallest absolute Gasteiger partial charge is 0.237 e. The average molecular weight is 271 g/mol. The molecule has 2 amide bonds. The molecule has 1 saturated heterocycles. The quantitative estimate of drug-likeness (QED) is 0.805. The van der Waals surface area contributed by atoms with Gasteiger partial charge in [0.25, 0.3) is 0 Å². The van der Waals surface area contributed by atoms with Crippen LogP contribution in [0.15, 0.2) is 47.8 Å². The number of hydrogen-bond donors (Lipinski definition) is 0. The fourth-order valence-electron chi connectivity index (χ4n) is 2.37. The van der Waals surface area contributed by atoms with Crippen LogP contribution in [0.3, 0.4) is 0 Å². The predicted molar refractivity (Wildman–Crippen MR) is 75.1 cm³/mol. The molecule has 4 heteroatoms. The van der Waals surface area contributed by atoms with Crippen LogP contribution in [0, 0.1) is 5.92 Å². The first-order valence-corrected chi connectivity index (χ1v) is 7.08. The Kier molecular flexibility index (Phi) is 3.17. The highest BCUT2D eigenvalue weighted by molar-refractivity contribution is 7.09. The van der Waals surface area contributed by atoms with Gasteiger partial charge >= 0.3 is 0 Å². The lowest BCUT2D eigenvalue weighted by atomic mass is 10.0. The van der Waals surface area contributed by atoms with Crippen molar-refractivity contribution in [1.82, 2.24) is 0 Å². The van der Waals surface area contributed by atoms with E-state index in [-0.39, 0.29) is 17.7 Å². The highest BCUT2D eigenvalue weighted by Crippen LogP contribution is 2.29. The molecule has 0 spiro atoms. The number of thiophene rings is 1. The summed E-state index contributed by atoms with van der Waals surface area (Å²) in [5.41, 5.74) is 0.672. The first-order valence-electron chi connectivity index (χ1n) is 6.20. The van der Waals surface area contributed by atoms with E-state index in [0.29, 0.717) is 18.5 Å². The number of amides is 2. The van der Waals surface area contributed by atoms with Crippen LogP contribution in [-0.2, 0) is 16.0 Å². The Morgan fingerprint density at radius 3 is 2.58 bits per heavy atom. The first kappa shape index (κ1) is 12.1. The number of imide groups is 1. The molecule has 1 aromatic carbocycles. The van der Waals surface area contributed by atoms with Crippen molar-refractivity contribution in [2.45, 2.75) is 12.8 Å². The molecule has 1 unspecified atom stereocenters. The van der Waals surface area contributed by atoms with E-state index >= 15 is 0 Å². The van der Waals surface area contributed by atoms with E-state index in [9.17, 15) is 9.59 Å². The van der Waals surface area contributed by atoms with Crippen LogP contribution in [0.1, 0.15) is 11.3 Å². The van der Waals surface area contributed by atoms with E-state index in [4.69, 9.17) is 0 Å². The number of benzene rings is 1. The fraction of sp³-hybridized carbons (Fsp3) is 0.200. The molecule has 0 bridgehead atoms. The number of hydrogen-bond acceptors (Lipinski definition) is 3. The van der Waals surface area contributed by atoms with Gasteiger partial charge in [-0.1, -0.05) is 24.3 Å². The first-order chi connectivity index (χ1) is 9.25. The van der Waals surface area contributed by atoms with Crippen molar-refractivity contribution in [3.63, 3.8) is 0 Å². The van der Waals surface area contributed by atoms with Crippen LogP contribution in [0.5, 0.6) is 0 Å². The molecule has 19 heavy (non-hydrogen) atoms. The summed E-state index contributed by atoms with van der Waals surface area (Å²) in [5, 5.41) is 1.99. The topological polar surface area (TPSA) is 37.4 Å². The molecule has 96 valence electrons. The van der Waals surface area contributed by atoms with Crippen molar-refractivity contribution in [3.05, 3.63) is 52.7 Å². The average Bonchev–Trinajstić information content (AvgIpc) is 3.01. The van der Waals surface area contributed by atoms with Crippen LogP contribution in [0.4, 0.5) is 5.69 Å². The summed E-state index contributed by atoms with van der Waals surface area (Å²) in [6.45, 7) is 0. The maximum absolute atomic E-state index is 12.4. The molecular weight excluding hydrogens is 258 g/mol. The summed E-state index contributed by atoms with van der Waals surface area (Å²) in [4.78, 5) is 26.9. The molecule has 0 N–H and O–H groups in total. The zero-order valence-corrected chi connectivity index (χ0v) is 11.1. The summed E-state index contributed by atoms with van der Waals surface area (Å²) < 4.78 is 0. The number of carbonyl (C=O) groups is 2. The molecule has 3 rings (SSSR count). The molecule has 1 aliphatic rings. The van der Waals surface area contributed by atoms with Crippen LogP contribution in [0.25, 0.3) is 0 Å². The van der Waals surface area contributed by atoms with E-state index in [0.717, 1.165) is 4.88 Å². The predicted octanol–water partition coefficient (Wildman–Crippen LogP) is 2.87. The van der Waals surface area contributed by atoms with Gasteiger partial charge in [0, 0.05) is 11.3 Å². The van der Waals surface area contributed by atoms with Crippen LogP contribution >= 0.6 is 11.3 Å². The van der Waals surface area contributed by atoms with Gasteiger partial charge in [0.1, 0.15) is 0 Å². The van der Waals surface area contributed by atoms with E-state index < -0.39 is 0 Å². The fourth-order valence-corrected chi connectivity index (χ4v) is 3.16. The molecule has 0 aliphatic carbocycles. The molecule has 1 fully saturated rings. The molecule has 0 saturated carbocycles. The number of carbonyl (C=O) groups excluding carboxylic acids is 2. The number of rotatable bonds is 3. The molecule has 0 radical (unpaired) electrons. The summed E-state index contributed by atoms with van der Waals surface area (Å²) in [6, 6.07) is 13.1. The minimum atomic E-state index is -0.216. The van der Waals surface area contributed by atoms with Gasteiger partial charge in [-0.3, -0.25) is 14.5 Å². The van der Waals surface area contributed by atoms with Crippen molar-refractivity contribution >= 4 is 28.8 Å². The van der Waals surface area contributed by atoms with Gasteiger partial charge in [-0.25, -0.2) is 0 Å². The second-order valence-electron chi connectivity index (χ2n) is 4.59. The Labute approximate surface area is 115 Å².